The highest BCUT2D eigenvalue weighted by molar-refractivity contribution is 5.83. The molecule has 0 saturated carbocycles. The fourth-order valence-corrected chi connectivity index (χ4v) is 3.50. The lowest BCUT2D eigenvalue weighted by Crippen LogP contribution is -2.19. The molecule has 3 unspecified atom stereocenters. The minimum atomic E-state index is -0.356. The van der Waals surface area contributed by atoms with Crippen molar-refractivity contribution in [1.29, 1.82) is 0 Å². The van der Waals surface area contributed by atoms with E-state index in [0.717, 1.165) is 18.4 Å². The predicted molar refractivity (Wildman–Crippen MR) is 84.6 cm³/mol. The van der Waals surface area contributed by atoms with Crippen molar-refractivity contribution in [2.75, 3.05) is 0 Å². The Labute approximate surface area is 120 Å². The number of hydrogen-bond acceptors (Lipinski definition) is 1. The first-order chi connectivity index (χ1) is 9.63. The van der Waals surface area contributed by atoms with Gasteiger partial charge in [0.1, 0.15) is 0 Å². The lowest BCUT2D eigenvalue weighted by atomic mass is 9.78. The molecule has 2 aromatic carbocycles. The van der Waals surface area contributed by atoms with Crippen LogP contribution in [0.4, 0.5) is 0 Å². The van der Waals surface area contributed by atoms with Gasteiger partial charge in [0.25, 0.3) is 0 Å². The van der Waals surface area contributed by atoms with Gasteiger partial charge in [-0.15, -0.1) is 0 Å². The Bertz CT molecular complexity index is 641. The molecule has 1 nitrogen and oxygen atoms in total. The second kappa shape index (κ2) is 5.41. The van der Waals surface area contributed by atoms with Gasteiger partial charge in [-0.2, -0.15) is 0 Å². The molecule has 0 fully saturated rings. The molecule has 0 heterocycles. The zero-order chi connectivity index (χ0) is 14.1. The molecule has 0 saturated heterocycles. The van der Waals surface area contributed by atoms with Crippen LogP contribution in [0.3, 0.4) is 0 Å². The van der Waals surface area contributed by atoms with E-state index in [1.54, 1.807) is 0 Å². The van der Waals surface area contributed by atoms with Crippen LogP contribution in [0.2, 0.25) is 0 Å². The Morgan fingerprint density at radius 1 is 1.10 bits per heavy atom. The molecule has 1 aliphatic rings. The molecule has 0 bridgehead atoms. The number of benzene rings is 2. The lowest BCUT2D eigenvalue weighted by molar-refractivity contribution is 0.0934. The summed E-state index contributed by atoms with van der Waals surface area (Å²) in [7, 11) is 0. The zero-order valence-corrected chi connectivity index (χ0v) is 12.2. The largest absolute Gasteiger partial charge is 0.388 e. The first kappa shape index (κ1) is 13.4. The molecular weight excluding hydrogens is 244 g/mol. The van der Waals surface area contributed by atoms with E-state index in [9.17, 15) is 5.11 Å². The van der Waals surface area contributed by atoms with Crippen LogP contribution in [0, 0.1) is 11.8 Å². The average molecular weight is 266 g/mol. The Balaban J connectivity index is 1.88. The van der Waals surface area contributed by atoms with Gasteiger partial charge >= 0.3 is 0 Å². The minimum absolute atomic E-state index is 0.344. The molecule has 2 aromatic rings. The molecule has 1 heteroatoms. The van der Waals surface area contributed by atoms with E-state index in [1.807, 2.05) is 6.07 Å². The number of allylic oxidation sites excluding steroid dienone is 2. The highest BCUT2D eigenvalue weighted by Gasteiger charge is 2.26. The summed E-state index contributed by atoms with van der Waals surface area (Å²) in [6.45, 7) is 4.42. The summed E-state index contributed by atoms with van der Waals surface area (Å²) in [6.07, 6.45) is 4.07. The standard InChI is InChI=1S/C19H22O/c1-13-9-14(2)11-18(10-13)19(20)17-8-7-15-5-3-4-6-16(15)12-17/h3-9,12-13,18-20H,10-11H2,1-2H3. The summed E-state index contributed by atoms with van der Waals surface area (Å²) < 4.78 is 0. The SMILES string of the molecule is CC1=CC(C)CC(C(O)c2ccc3ccccc3c2)C1. The van der Waals surface area contributed by atoms with Crippen LogP contribution in [0.5, 0.6) is 0 Å². The Kier molecular flexibility index (Phi) is 3.62. The van der Waals surface area contributed by atoms with E-state index < -0.39 is 0 Å². The second-order valence-corrected chi connectivity index (χ2v) is 6.24. The third-order valence-corrected chi connectivity index (χ3v) is 4.39. The van der Waals surface area contributed by atoms with E-state index in [2.05, 4.69) is 56.3 Å². The van der Waals surface area contributed by atoms with E-state index in [0.29, 0.717) is 11.8 Å². The van der Waals surface area contributed by atoms with Gasteiger partial charge in [0.2, 0.25) is 0 Å². The van der Waals surface area contributed by atoms with Crippen LogP contribution in [0.25, 0.3) is 10.8 Å². The van der Waals surface area contributed by atoms with Gasteiger partial charge in [-0.25, -0.2) is 0 Å². The fourth-order valence-electron chi connectivity index (χ4n) is 3.50. The lowest BCUT2D eigenvalue weighted by Gasteiger charge is -2.29. The monoisotopic (exact) mass is 266 g/mol. The van der Waals surface area contributed by atoms with E-state index in [4.69, 9.17) is 0 Å². The van der Waals surface area contributed by atoms with Crippen LogP contribution in [-0.2, 0) is 0 Å². The Morgan fingerprint density at radius 3 is 2.60 bits per heavy atom. The van der Waals surface area contributed by atoms with Crippen LogP contribution >= 0.6 is 0 Å². The molecule has 1 N–H and O–H groups in total. The molecule has 3 atom stereocenters. The van der Waals surface area contributed by atoms with Crippen molar-refractivity contribution >= 4 is 10.8 Å². The van der Waals surface area contributed by atoms with Gasteiger partial charge < -0.3 is 5.11 Å². The number of fused-ring (bicyclic) bond motifs is 1. The highest BCUT2D eigenvalue weighted by atomic mass is 16.3. The first-order valence-corrected chi connectivity index (χ1v) is 7.47. The quantitative estimate of drug-likeness (QED) is 0.769. The van der Waals surface area contributed by atoms with Gasteiger partial charge in [0.05, 0.1) is 6.10 Å². The maximum absolute atomic E-state index is 10.7. The van der Waals surface area contributed by atoms with Crippen LogP contribution in [0.15, 0.2) is 54.1 Å². The van der Waals surface area contributed by atoms with Crippen molar-refractivity contribution in [2.24, 2.45) is 11.8 Å². The van der Waals surface area contributed by atoms with Crippen molar-refractivity contribution in [1.82, 2.24) is 0 Å². The summed E-state index contributed by atoms with van der Waals surface area (Å²) >= 11 is 0. The topological polar surface area (TPSA) is 20.2 Å². The van der Waals surface area contributed by atoms with Crippen LogP contribution in [0.1, 0.15) is 38.4 Å². The normalized spacial score (nSPS) is 24.4. The smallest absolute Gasteiger partial charge is 0.0821 e. The Morgan fingerprint density at radius 2 is 1.85 bits per heavy atom. The van der Waals surface area contributed by atoms with Crippen molar-refractivity contribution in [2.45, 2.75) is 32.8 Å². The molecule has 3 rings (SSSR count). The molecule has 0 aliphatic heterocycles. The van der Waals surface area contributed by atoms with Crippen molar-refractivity contribution in [3.8, 4) is 0 Å². The van der Waals surface area contributed by atoms with Crippen LogP contribution < -0.4 is 0 Å². The van der Waals surface area contributed by atoms with Gasteiger partial charge in [0, 0.05) is 0 Å². The summed E-state index contributed by atoms with van der Waals surface area (Å²) in [6, 6.07) is 14.7. The van der Waals surface area contributed by atoms with E-state index in [-0.39, 0.29) is 6.10 Å². The third kappa shape index (κ3) is 2.64. The van der Waals surface area contributed by atoms with Crippen LogP contribution in [-0.4, -0.2) is 5.11 Å². The fraction of sp³-hybridized carbons (Fsp3) is 0.368. The summed E-state index contributed by atoms with van der Waals surface area (Å²) in [5.74, 6) is 0.917. The summed E-state index contributed by atoms with van der Waals surface area (Å²) in [4.78, 5) is 0. The number of rotatable bonds is 2. The maximum Gasteiger partial charge on any atom is 0.0821 e. The molecule has 104 valence electrons. The first-order valence-electron chi connectivity index (χ1n) is 7.47. The van der Waals surface area contributed by atoms with Gasteiger partial charge in [-0.1, -0.05) is 55.0 Å². The molecule has 0 aromatic heterocycles. The summed E-state index contributed by atoms with van der Waals surface area (Å²) in [5.41, 5.74) is 2.46. The van der Waals surface area contributed by atoms with Crippen molar-refractivity contribution in [3.63, 3.8) is 0 Å². The number of aliphatic hydroxyl groups is 1. The molecule has 20 heavy (non-hydrogen) atoms. The second-order valence-electron chi connectivity index (χ2n) is 6.24. The molecule has 0 spiro atoms. The zero-order valence-electron chi connectivity index (χ0n) is 12.2. The molecule has 0 radical (unpaired) electrons. The van der Waals surface area contributed by atoms with Gasteiger partial charge in [-0.3, -0.25) is 0 Å². The van der Waals surface area contributed by atoms with Crippen molar-refractivity contribution < 1.29 is 5.11 Å². The predicted octanol–water partition coefficient (Wildman–Crippen LogP) is 4.87. The van der Waals surface area contributed by atoms with E-state index >= 15 is 0 Å². The molecular formula is C19H22O. The van der Waals surface area contributed by atoms with E-state index in [1.165, 1.54) is 16.3 Å². The van der Waals surface area contributed by atoms with Gasteiger partial charge in [-0.05, 0) is 54.0 Å². The Hall–Kier alpha value is -1.60. The minimum Gasteiger partial charge on any atom is -0.388 e. The van der Waals surface area contributed by atoms with Crippen molar-refractivity contribution in [3.05, 3.63) is 59.7 Å². The number of aliphatic hydroxyl groups excluding tert-OH is 1. The number of hydrogen-bond donors (Lipinski definition) is 1. The van der Waals surface area contributed by atoms with Gasteiger partial charge in [0.15, 0.2) is 0 Å². The molecule has 0 amide bonds. The average Bonchev–Trinajstić information content (AvgIpc) is 2.45. The maximum atomic E-state index is 10.7. The molecule has 1 aliphatic carbocycles. The third-order valence-electron chi connectivity index (χ3n) is 4.39. The summed E-state index contributed by atoms with van der Waals surface area (Å²) in [5, 5.41) is 13.2. The highest BCUT2D eigenvalue weighted by Crippen LogP contribution is 2.37.